The summed E-state index contributed by atoms with van der Waals surface area (Å²) in [6.07, 6.45) is 2.99. The predicted octanol–water partition coefficient (Wildman–Crippen LogP) is 1.93. The fraction of sp³-hybridized carbons (Fsp3) is 0.182. The summed E-state index contributed by atoms with van der Waals surface area (Å²) in [5.74, 6) is 0.0381. The van der Waals surface area contributed by atoms with Crippen LogP contribution in [0.4, 0.5) is 5.69 Å². The number of pyridine rings is 1. The van der Waals surface area contributed by atoms with Crippen LogP contribution in [0, 0.1) is 5.39 Å². The Morgan fingerprint density at radius 1 is 1.50 bits per heavy atom. The summed E-state index contributed by atoms with van der Waals surface area (Å²) in [4.78, 5) is 18.5. The van der Waals surface area contributed by atoms with Crippen molar-refractivity contribution in [3.63, 3.8) is 0 Å². The molecule has 0 bridgehead atoms. The van der Waals surface area contributed by atoms with Gasteiger partial charge in [-0.05, 0) is 19.1 Å². The van der Waals surface area contributed by atoms with E-state index in [0.29, 0.717) is 18.1 Å². The maximum Gasteiger partial charge on any atom is 0.403 e. The first-order valence-electron chi connectivity index (χ1n) is 5.29. The molecule has 2 heterocycles. The van der Waals surface area contributed by atoms with E-state index in [2.05, 4.69) is 15.1 Å². The van der Waals surface area contributed by atoms with Crippen molar-refractivity contribution in [2.24, 2.45) is 0 Å². The average molecular weight is 244 g/mol. The van der Waals surface area contributed by atoms with Crippen LogP contribution in [0.2, 0.25) is 0 Å². The molecule has 0 atom stereocenters. The number of ether oxygens (including phenoxy) is 1. The fourth-order valence-corrected chi connectivity index (χ4v) is 1.34. The van der Waals surface area contributed by atoms with E-state index in [1.165, 1.54) is 10.9 Å². The van der Waals surface area contributed by atoms with Gasteiger partial charge in [-0.2, -0.15) is 5.10 Å². The first kappa shape index (κ1) is 11.7. The van der Waals surface area contributed by atoms with Gasteiger partial charge in [-0.25, -0.2) is 14.5 Å². The Morgan fingerprint density at radius 3 is 2.94 bits per heavy atom. The molecule has 18 heavy (non-hydrogen) atoms. The van der Waals surface area contributed by atoms with Gasteiger partial charge in [0, 0.05) is 12.3 Å². The molecule has 90 valence electrons. The second kappa shape index (κ2) is 5.05. The molecule has 0 spiro atoms. The monoisotopic (exact) mass is 244 g/mol. The Bertz CT molecular complexity index is 597. The maximum absolute atomic E-state index is 11.4. The van der Waals surface area contributed by atoms with Gasteiger partial charge in [0.15, 0.2) is 16.5 Å². The third-order valence-corrected chi connectivity index (χ3v) is 2.16. The Morgan fingerprint density at radius 2 is 2.33 bits per heavy atom. The number of rotatable bonds is 3. The quantitative estimate of drug-likeness (QED) is 0.608. The van der Waals surface area contributed by atoms with Gasteiger partial charge in [0.25, 0.3) is 0 Å². The summed E-state index contributed by atoms with van der Waals surface area (Å²) in [5.41, 5.74) is 0.561. The lowest BCUT2D eigenvalue weighted by molar-refractivity contribution is 0.0519. The molecular weight excluding hydrogens is 234 g/mol. The highest BCUT2D eigenvalue weighted by Crippen LogP contribution is 2.12. The smallest absolute Gasteiger partial charge is 0.403 e. The van der Waals surface area contributed by atoms with E-state index in [-0.39, 0.29) is 5.69 Å². The Kier molecular flexibility index (Phi) is 3.29. The normalized spacial score (nSPS) is 9.78. The van der Waals surface area contributed by atoms with E-state index < -0.39 is 5.97 Å². The molecule has 0 radical (unpaired) electrons. The largest absolute Gasteiger partial charge is 0.461 e. The van der Waals surface area contributed by atoms with Crippen LogP contribution in [-0.4, -0.2) is 27.3 Å². The number of aromatic nitrogens is 3. The SMILES string of the molecule is CCOC(=O)c1ccn(-c2ccc([N+]#N)cn2)n1. The minimum Gasteiger partial charge on any atom is -0.461 e. The highest BCUT2D eigenvalue weighted by atomic mass is 16.5. The third-order valence-electron chi connectivity index (χ3n) is 2.16. The molecule has 0 N–H and O–H groups in total. The number of nitrogens with zero attached hydrogens (tertiary/aromatic N) is 5. The van der Waals surface area contributed by atoms with Crippen LogP contribution in [0.1, 0.15) is 17.4 Å². The number of hydrogen-bond acceptors (Lipinski definition) is 5. The fourth-order valence-electron chi connectivity index (χ4n) is 1.34. The van der Waals surface area contributed by atoms with E-state index in [0.717, 1.165) is 0 Å². The Hall–Kier alpha value is -2.75. The van der Waals surface area contributed by atoms with Gasteiger partial charge in [-0.3, -0.25) is 0 Å². The predicted molar refractivity (Wildman–Crippen MR) is 62.1 cm³/mol. The molecule has 0 saturated carbocycles. The van der Waals surface area contributed by atoms with Gasteiger partial charge < -0.3 is 4.74 Å². The van der Waals surface area contributed by atoms with E-state index in [1.54, 1.807) is 31.3 Å². The van der Waals surface area contributed by atoms with Crippen molar-refractivity contribution >= 4 is 11.7 Å². The molecular formula is C11H10N5O2+. The van der Waals surface area contributed by atoms with E-state index in [9.17, 15) is 4.79 Å². The van der Waals surface area contributed by atoms with Crippen LogP contribution in [-0.2, 0) is 4.74 Å². The van der Waals surface area contributed by atoms with Gasteiger partial charge in [-0.15, -0.1) is 0 Å². The zero-order valence-corrected chi connectivity index (χ0v) is 9.65. The van der Waals surface area contributed by atoms with E-state index in [1.807, 2.05) is 0 Å². The first-order valence-corrected chi connectivity index (χ1v) is 5.29. The molecule has 0 aliphatic carbocycles. The lowest BCUT2D eigenvalue weighted by atomic mass is 10.4. The van der Waals surface area contributed by atoms with E-state index >= 15 is 0 Å². The number of diazo groups is 1. The zero-order chi connectivity index (χ0) is 13.0. The van der Waals surface area contributed by atoms with Crippen molar-refractivity contribution in [3.8, 4) is 5.82 Å². The van der Waals surface area contributed by atoms with Crippen LogP contribution in [0.3, 0.4) is 0 Å². The number of carbonyl (C=O) groups excluding carboxylic acids is 1. The van der Waals surface area contributed by atoms with Gasteiger partial charge in [0.2, 0.25) is 5.39 Å². The van der Waals surface area contributed by atoms with Crippen molar-refractivity contribution in [2.45, 2.75) is 6.92 Å². The summed E-state index contributed by atoms with van der Waals surface area (Å²) in [5, 5.41) is 12.6. The highest BCUT2D eigenvalue weighted by molar-refractivity contribution is 5.87. The first-order chi connectivity index (χ1) is 8.74. The number of hydrogen-bond donors (Lipinski definition) is 0. The molecule has 2 aromatic heterocycles. The van der Waals surface area contributed by atoms with Crippen molar-refractivity contribution in [2.75, 3.05) is 6.61 Å². The molecule has 7 heteroatoms. The van der Waals surface area contributed by atoms with Crippen LogP contribution >= 0.6 is 0 Å². The molecule has 0 amide bonds. The lowest BCUT2D eigenvalue weighted by Crippen LogP contribution is -2.07. The molecule has 0 saturated heterocycles. The molecule has 0 aromatic carbocycles. The number of esters is 1. The van der Waals surface area contributed by atoms with Crippen LogP contribution in [0.25, 0.3) is 10.8 Å². The van der Waals surface area contributed by atoms with Gasteiger partial charge in [0.1, 0.15) is 6.20 Å². The van der Waals surface area contributed by atoms with Crippen molar-refractivity contribution in [1.82, 2.24) is 14.8 Å². The minimum atomic E-state index is -0.474. The summed E-state index contributed by atoms with van der Waals surface area (Å²) >= 11 is 0. The highest BCUT2D eigenvalue weighted by Gasteiger charge is 2.12. The second-order valence-corrected chi connectivity index (χ2v) is 3.34. The van der Waals surface area contributed by atoms with Gasteiger partial charge in [-0.1, -0.05) is 0 Å². The molecule has 0 aliphatic heterocycles. The van der Waals surface area contributed by atoms with Crippen molar-refractivity contribution < 1.29 is 9.53 Å². The van der Waals surface area contributed by atoms with Gasteiger partial charge in [0.05, 0.1) is 6.61 Å². The maximum atomic E-state index is 11.4. The van der Waals surface area contributed by atoms with Crippen LogP contribution in [0.15, 0.2) is 30.6 Å². The lowest BCUT2D eigenvalue weighted by Gasteiger charge is -1.98. The zero-order valence-electron chi connectivity index (χ0n) is 9.65. The molecule has 2 rings (SSSR count). The molecule has 7 nitrogen and oxygen atoms in total. The molecule has 2 aromatic rings. The molecule has 0 fully saturated rings. The van der Waals surface area contributed by atoms with Crippen LogP contribution in [0.5, 0.6) is 0 Å². The van der Waals surface area contributed by atoms with Crippen LogP contribution < -0.4 is 0 Å². The number of carbonyl (C=O) groups is 1. The topological polar surface area (TPSA) is 85.2 Å². The Balaban J connectivity index is 2.24. The molecule has 0 aliphatic rings. The van der Waals surface area contributed by atoms with Crippen molar-refractivity contribution in [1.29, 1.82) is 5.39 Å². The summed E-state index contributed by atoms with van der Waals surface area (Å²) < 4.78 is 6.27. The average Bonchev–Trinajstić information content (AvgIpc) is 2.89. The van der Waals surface area contributed by atoms with Crippen molar-refractivity contribution in [3.05, 3.63) is 41.3 Å². The summed E-state index contributed by atoms with van der Waals surface area (Å²) in [7, 11) is 0. The third kappa shape index (κ3) is 2.32. The van der Waals surface area contributed by atoms with E-state index in [4.69, 9.17) is 10.1 Å². The standard InChI is InChI=1S/C11H10N5O2/c1-2-18-11(17)9-5-6-16(15-9)10-4-3-8(14-12)7-13-10/h3-7H,2H2,1H3/q+1. The molecule has 0 unspecified atom stereocenters. The minimum absolute atomic E-state index is 0.217. The summed E-state index contributed by atoms with van der Waals surface area (Å²) in [6.45, 7) is 2.03. The second-order valence-electron chi connectivity index (χ2n) is 3.34. The Labute approximate surface area is 103 Å². The van der Waals surface area contributed by atoms with Gasteiger partial charge >= 0.3 is 11.7 Å². The summed E-state index contributed by atoms with van der Waals surface area (Å²) in [6, 6.07) is 4.75.